The first-order chi connectivity index (χ1) is 8.56. The fourth-order valence-electron chi connectivity index (χ4n) is 1.58. The number of nitrogens with zero attached hydrogens (tertiary/aromatic N) is 1. The summed E-state index contributed by atoms with van der Waals surface area (Å²) in [5.74, 6) is 0.994. The SMILES string of the molecule is Cc1cnc(C(C)NCc2ccc(Cl)c(F)c2)o1. The minimum Gasteiger partial charge on any atom is -0.444 e. The first kappa shape index (κ1) is 13.1. The molecule has 96 valence electrons. The Hall–Kier alpha value is -1.39. The molecule has 0 saturated carbocycles. The molecular formula is C13H14ClFN2O. The highest BCUT2D eigenvalue weighted by Gasteiger charge is 2.10. The molecule has 0 aliphatic rings. The third-order valence-corrected chi connectivity index (χ3v) is 2.91. The van der Waals surface area contributed by atoms with Crippen molar-refractivity contribution in [1.82, 2.24) is 10.3 Å². The van der Waals surface area contributed by atoms with Crippen molar-refractivity contribution in [2.75, 3.05) is 0 Å². The fourth-order valence-corrected chi connectivity index (χ4v) is 1.70. The standard InChI is InChI=1S/C13H14ClFN2O/c1-8-6-17-13(18-8)9(2)16-7-10-3-4-11(14)12(15)5-10/h3-6,9,16H,7H2,1-2H3. The molecule has 2 aromatic rings. The van der Waals surface area contributed by atoms with Gasteiger partial charge in [-0.25, -0.2) is 9.37 Å². The molecule has 18 heavy (non-hydrogen) atoms. The van der Waals surface area contributed by atoms with Crippen molar-refractivity contribution in [3.63, 3.8) is 0 Å². The van der Waals surface area contributed by atoms with Crippen molar-refractivity contribution >= 4 is 11.6 Å². The molecule has 1 aromatic heterocycles. The molecule has 2 rings (SSSR count). The van der Waals surface area contributed by atoms with E-state index in [4.69, 9.17) is 16.0 Å². The van der Waals surface area contributed by atoms with Crippen molar-refractivity contribution in [2.45, 2.75) is 26.4 Å². The summed E-state index contributed by atoms with van der Waals surface area (Å²) < 4.78 is 18.6. The molecule has 1 atom stereocenters. The minimum absolute atomic E-state index is 0.0301. The number of benzene rings is 1. The lowest BCUT2D eigenvalue weighted by Crippen LogP contribution is -2.18. The van der Waals surface area contributed by atoms with E-state index in [-0.39, 0.29) is 11.1 Å². The van der Waals surface area contributed by atoms with E-state index in [1.54, 1.807) is 18.3 Å². The zero-order valence-electron chi connectivity index (χ0n) is 10.2. The van der Waals surface area contributed by atoms with E-state index >= 15 is 0 Å². The van der Waals surface area contributed by atoms with Gasteiger partial charge in [0.2, 0.25) is 5.89 Å². The Labute approximate surface area is 110 Å². The van der Waals surface area contributed by atoms with Crippen molar-refractivity contribution in [3.8, 4) is 0 Å². The molecule has 0 aliphatic heterocycles. The highest BCUT2D eigenvalue weighted by atomic mass is 35.5. The van der Waals surface area contributed by atoms with E-state index in [1.807, 2.05) is 13.8 Å². The van der Waals surface area contributed by atoms with Crippen LogP contribution in [0, 0.1) is 12.7 Å². The van der Waals surface area contributed by atoms with Crippen molar-refractivity contribution in [1.29, 1.82) is 0 Å². The van der Waals surface area contributed by atoms with Crippen molar-refractivity contribution in [2.24, 2.45) is 0 Å². The molecule has 1 aromatic carbocycles. The van der Waals surface area contributed by atoms with E-state index < -0.39 is 5.82 Å². The maximum atomic E-state index is 13.2. The van der Waals surface area contributed by atoms with Crippen LogP contribution in [0.1, 0.15) is 30.2 Å². The molecule has 0 spiro atoms. The van der Waals surface area contributed by atoms with Gasteiger partial charge in [-0.3, -0.25) is 0 Å². The summed E-state index contributed by atoms with van der Waals surface area (Å²) >= 11 is 5.62. The van der Waals surface area contributed by atoms with E-state index in [0.717, 1.165) is 11.3 Å². The largest absolute Gasteiger partial charge is 0.444 e. The Bertz CT molecular complexity index is 542. The second-order valence-corrected chi connectivity index (χ2v) is 4.57. The molecule has 0 radical (unpaired) electrons. The summed E-state index contributed by atoms with van der Waals surface area (Å²) in [7, 11) is 0. The monoisotopic (exact) mass is 268 g/mol. The third kappa shape index (κ3) is 3.09. The predicted octanol–water partition coefficient (Wildman–Crippen LogP) is 3.63. The molecule has 0 aliphatic carbocycles. The van der Waals surface area contributed by atoms with Crippen LogP contribution in [0.4, 0.5) is 4.39 Å². The molecule has 0 fully saturated rings. The van der Waals surface area contributed by atoms with Crippen molar-refractivity contribution in [3.05, 3.63) is 52.5 Å². The molecular weight excluding hydrogens is 255 g/mol. The lowest BCUT2D eigenvalue weighted by molar-refractivity contribution is 0.402. The molecule has 1 unspecified atom stereocenters. The summed E-state index contributed by atoms with van der Waals surface area (Å²) in [6.45, 7) is 4.31. The summed E-state index contributed by atoms with van der Waals surface area (Å²) in [5.41, 5.74) is 0.826. The third-order valence-electron chi connectivity index (χ3n) is 2.61. The number of rotatable bonds is 4. The Morgan fingerprint density at radius 3 is 2.89 bits per heavy atom. The van der Waals surface area contributed by atoms with Gasteiger partial charge in [-0.05, 0) is 31.5 Å². The first-order valence-electron chi connectivity index (χ1n) is 5.66. The number of hydrogen-bond donors (Lipinski definition) is 1. The Kier molecular flexibility index (Phi) is 3.99. The number of aromatic nitrogens is 1. The topological polar surface area (TPSA) is 38.1 Å². The molecule has 0 amide bonds. The van der Waals surface area contributed by atoms with Crippen LogP contribution in [-0.2, 0) is 6.54 Å². The highest BCUT2D eigenvalue weighted by molar-refractivity contribution is 6.30. The number of oxazole rings is 1. The van der Waals surface area contributed by atoms with Gasteiger partial charge in [0.15, 0.2) is 0 Å². The number of nitrogens with one attached hydrogen (secondary N) is 1. The fraction of sp³-hybridized carbons (Fsp3) is 0.308. The molecule has 0 bridgehead atoms. The van der Waals surface area contributed by atoms with E-state index in [2.05, 4.69) is 10.3 Å². The number of aryl methyl sites for hydroxylation is 1. The van der Waals surface area contributed by atoms with Gasteiger partial charge >= 0.3 is 0 Å². The molecule has 1 N–H and O–H groups in total. The summed E-state index contributed by atoms with van der Waals surface area (Å²) in [5, 5.41) is 3.34. The van der Waals surface area contributed by atoms with Crippen LogP contribution in [-0.4, -0.2) is 4.98 Å². The Morgan fingerprint density at radius 1 is 1.50 bits per heavy atom. The van der Waals surface area contributed by atoms with Gasteiger partial charge in [0.05, 0.1) is 17.3 Å². The summed E-state index contributed by atoms with van der Waals surface area (Å²) in [4.78, 5) is 4.14. The average Bonchev–Trinajstić information content (AvgIpc) is 2.77. The maximum Gasteiger partial charge on any atom is 0.211 e. The summed E-state index contributed by atoms with van der Waals surface area (Å²) in [6.07, 6.45) is 1.68. The Balaban J connectivity index is 1.97. The normalized spacial score (nSPS) is 12.7. The van der Waals surface area contributed by atoms with Crippen LogP contribution in [0.3, 0.4) is 0 Å². The van der Waals surface area contributed by atoms with Gasteiger partial charge in [-0.2, -0.15) is 0 Å². The quantitative estimate of drug-likeness (QED) is 0.920. The Morgan fingerprint density at radius 2 is 2.28 bits per heavy atom. The molecule has 1 heterocycles. The minimum atomic E-state index is -0.407. The maximum absolute atomic E-state index is 13.2. The van der Waals surface area contributed by atoms with Gasteiger partial charge in [0.1, 0.15) is 11.6 Å². The van der Waals surface area contributed by atoms with Crippen LogP contribution < -0.4 is 5.32 Å². The second-order valence-electron chi connectivity index (χ2n) is 4.16. The smallest absolute Gasteiger partial charge is 0.211 e. The van der Waals surface area contributed by atoms with Gasteiger partial charge < -0.3 is 9.73 Å². The van der Waals surface area contributed by atoms with Gasteiger partial charge in [0.25, 0.3) is 0 Å². The lowest BCUT2D eigenvalue weighted by atomic mass is 10.2. The second kappa shape index (κ2) is 5.50. The molecule has 0 saturated heterocycles. The van der Waals surface area contributed by atoms with Gasteiger partial charge in [-0.1, -0.05) is 17.7 Å². The van der Waals surface area contributed by atoms with Crippen LogP contribution in [0.2, 0.25) is 5.02 Å². The van der Waals surface area contributed by atoms with E-state index in [0.29, 0.717) is 12.4 Å². The predicted molar refractivity (Wildman–Crippen MR) is 67.9 cm³/mol. The first-order valence-corrected chi connectivity index (χ1v) is 6.03. The summed E-state index contributed by atoms with van der Waals surface area (Å²) in [6, 6.07) is 4.72. The number of halogens is 2. The molecule has 5 heteroatoms. The molecule has 3 nitrogen and oxygen atoms in total. The van der Waals surface area contributed by atoms with Gasteiger partial charge in [0, 0.05) is 6.54 Å². The number of hydrogen-bond acceptors (Lipinski definition) is 3. The lowest BCUT2D eigenvalue weighted by Gasteiger charge is -2.10. The zero-order valence-corrected chi connectivity index (χ0v) is 11.0. The van der Waals surface area contributed by atoms with Crippen LogP contribution in [0.25, 0.3) is 0 Å². The van der Waals surface area contributed by atoms with Gasteiger partial charge in [-0.15, -0.1) is 0 Å². The van der Waals surface area contributed by atoms with E-state index in [1.165, 1.54) is 6.07 Å². The van der Waals surface area contributed by atoms with Crippen LogP contribution >= 0.6 is 11.6 Å². The van der Waals surface area contributed by atoms with Crippen molar-refractivity contribution < 1.29 is 8.81 Å². The zero-order chi connectivity index (χ0) is 13.1. The average molecular weight is 269 g/mol. The van der Waals surface area contributed by atoms with Crippen LogP contribution in [0.5, 0.6) is 0 Å². The van der Waals surface area contributed by atoms with Crippen LogP contribution in [0.15, 0.2) is 28.8 Å². The van der Waals surface area contributed by atoms with E-state index in [9.17, 15) is 4.39 Å². The highest BCUT2D eigenvalue weighted by Crippen LogP contribution is 2.17.